The zero-order valence-electron chi connectivity index (χ0n) is 9.17. The van der Waals surface area contributed by atoms with Crippen LogP contribution in [-0.4, -0.2) is 11.9 Å². The molecular formula is C12H13FOS3. The Morgan fingerprint density at radius 3 is 2.76 bits per heavy atom. The summed E-state index contributed by atoms with van der Waals surface area (Å²) in [7, 11) is 5.36. The SMILES string of the molecule is Fc1ccc(CSSSCC2CC=CO2)cc1. The van der Waals surface area contributed by atoms with Crippen molar-refractivity contribution in [1.82, 2.24) is 0 Å². The van der Waals surface area contributed by atoms with Crippen molar-refractivity contribution in [2.24, 2.45) is 0 Å². The van der Waals surface area contributed by atoms with E-state index in [1.165, 1.54) is 12.1 Å². The van der Waals surface area contributed by atoms with Crippen molar-refractivity contribution in [3.05, 3.63) is 48.0 Å². The molecule has 5 heteroatoms. The fourth-order valence-electron chi connectivity index (χ4n) is 1.35. The second-order valence-electron chi connectivity index (χ2n) is 3.61. The van der Waals surface area contributed by atoms with Gasteiger partial charge in [-0.25, -0.2) is 4.39 Å². The molecule has 1 nitrogen and oxygen atoms in total. The highest BCUT2D eigenvalue weighted by atomic mass is 33.5. The average Bonchev–Trinajstić information content (AvgIpc) is 2.84. The fraction of sp³-hybridized carbons (Fsp3) is 0.333. The van der Waals surface area contributed by atoms with Gasteiger partial charge in [-0.1, -0.05) is 33.7 Å². The third kappa shape index (κ3) is 4.85. The molecule has 0 spiro atoms. The van der Waals surface area contributed by atoms with Gasteiger partial charge in [0.15, 0.2) is 0 Å². The Bertz CT molecular complexity index is 359. The summed E-state index contributed by atoms with van der Waals surface area (Å²) in [5.74, 6) is 1.74. The quantitative estimate of drug-likeness (QED) is 0.556. The first-order valence-corrected chi connectivity index (χ1v) is 9.13. The summed E-state index contributed by atoms with van der Waals surface area (Å²) in [6, 6.07) is 6.67. The molecule has 0 amide bonds. The van der Waals surface area contributed by atoms with Gasteiger partial charge in [0.25, 0.3) is 0 Å². The van der Waals surface area contributed by atoms with Gasteiger partial charge < -0.3 is 4.74 Å². The molecule has 1 aromatic carbocycles. The van der Waals surface area contributed by atoms with Crippen LogP contribution in [0.15, 0.2) is 36.6 Å². The van der Waals surface area contributed by atoms with Gasteiger partial charge in [-0.05, 0) is 33.6 Å². The van der Waals surface area contributed by atoms with Crippen LogP contribution in [-0.2, 0) is 10.5 Å². The number of benzene rings is 1. The summed E-state index contributed by atoms with van der Waals surface area (Å²) in [5.41, 5.74) is 1.16. The maximum Gasteiger partial charge on any atom is 0.123 e. The highest BCUT2D eigenvalue weighted by Crippen LogP contribution is 2.38. The standard InChI is InChI=1S/C12H13FOS3/c13-11-5-3-10(4-6-11)8-15-17-16-9-12-2-1-7-14-12/h1,3-7,12H,2,8-9H2. The molecule has 0 radical (unpaired) electrons. The molecule has 0 aromatic heterocycles. The van der Waals surface area contributed by atoms with E-state index < -0.39 is 0 Å². The molecule has 1 aliphatic rings. The Hall–Kier alpha value is -0.260. The van der Waals surface area contributed by atoms with Gasteiger partial charge in [0.05, 0.1) is 6.26 Å². The van der Waals surface area contributed by atoms with Gasteiger partial charge in [0.1, 0.15) is 11.9 Å². The average molecular weight is 288 g/mol. The number of hydrogen-bond donors (Lipinski definition) is 0. The van der Waals surface area contributed by atoms with E-state index in [2.05, 4.69) is 6.08 Å². The van der Waals surface area contributed by atoms with E-state index in [4.69, 9.17) is 4.74 Å². The molecule has 1 heterocycles. The van der Waals surface area contributed by atoms with Crippen LogP contribution in [0, 0.1) is 5.82 Å². The smallest absolute Gasteiger partial charge is 0.123 e. The summed E-state index contributed by atoms with van der Waals surface area (Å²) in [5, 5.41) is 0. The minimum absolute atomic E-state index is 0.174. The molecular weight excluding hydrogens is 275 g/mol. The highest BCUT2D eigenvalue weighted by molar-refractivity contribution is 9.09. The molecule has 17 heavy (non-hydrogen) atoms. The maximum absolute atomic E-state index is 12.7. The van der Waals surface area contributed by atoms with Crippen molar-refractivity contribution in [2.75, 3.05) is 5.75 Å². The largest absolute Gasteiger partial charge is 0.497 e. The normalized spacial score (nSPS) is 18.3. The fourth-order valence-corrected chi connectivity index (χ4v) is 5.14. The first kappa shape index (κ1) is 13.2. The van der Waals surface area contributed by atoms with Crippen molar-refractivity contribution < 1.29 is 9.13 Å². The summed E-state index contributed by atoms with van der Waals surface area (Å²) in [6.07, 6.45) is 5.21. The monoisotopic (exact) mass is 288 g/mol. The molecule has 0 saturated heterocycles. The predicted octanol–water partition coefficient (Wildman–Crippen LogP) is 4.66. The Labute approximate surface area is 112 Å². The van der Waals surface area contributed by atoms with Gasteiger partial charge >= 0.3 is 0 Å². The minimum atomic E-state index is -0.174. The van der Waals surface area contributed by atoms with Gasteiger partial charge in [-0.2, -0.15) is 0 Å². The molecule has 1 unspecified atom stereocenters. The lowest BCUT2D eigenvalue weighted by atomic mass is 10.2. The molecule has 1 aromatic rings. The van der Waals surface area contributed by atoms with E-state index in [0.717, 1.165) is 23.5 Å². The number of ether oxygens (including phenoxy) is 1. The van der Waals surface area contributed by atoms with Gasteiger partial charge in [0.2, 0.25) is 0 Å². The molecule has 0 bridgehead atoms. The Balaban J connectivity index is 1.55. The number of hydrogen-bond acceptors (Lipinski definition) is 4. The third-order valence-corrected chi connectivity index (χ3v) is 6.48. The first-order valence-electron chi connectivity index (χ1n) is 5.30. The van der Waals surface area contributed by atoms with Crippen LogP contribution in [0.25, 0.3) is 0 Å². The molecule has 0 saturated carbocycles. The van der Waals surface area contributed by atoms with Crippen LogP contribution in [0.1, 0.15) is 12.0 Å². The Kier molecular flexibility index (Phi) is 5.61. The first-order chi connectivity index (χ1) is 8.34. The second-order valence-corrected chi connectivity index (χ2v) is 7.88. The third-order valence-electron chi connectivity index (χ3n) is 2.26. The summed E-state index contributed by atoms with van der Waals surface area (Å²) >= 11 is 0. The van der Waals surface area contributed by atoms with Crippen LogP contribution in [0.5, 0.6) is 0 Å². The zero-order valence-corrected chi connectivity index (χ0v) is 11.6. The van der Waals surface area contributed by atoms with Gasteiger partial charge in [-0.15, -0.1) is 0 Å². The Morgan fingerprint density at radius 2 is 2.06 bits per heavy atom. The summed E-state index contributed by atoms with van der Waals surface area (Å²) in [6.45, 7) is 0. The van der Waals surface area contributed by atoms with E-state index in [-0.39, 0.29) is 5.82 Å². The molecule has 2 rings (SSSR count). The Morgan fingerprint density at radius 1 is 1.24 bits per heavy atom. The van der Waals surface area contributed by atoms with Crippen molar-refractivity contribution in [2.45, 2.75) is 18.3 Å². The van der Waals surface area contributed by atoms with E-state index >= 15 is 0 Å². The van der Waals surface area contributed by atoms with E-state index in [1.807, 2.05) is 22.9 Å². The maximum atomic E-state index is 12.7. The molecule has 1 aliphatic heterocycles. The lowest BCUT2D eigenvalue weighted by Gasteiger charge is -2.08. The van der Waals surface area contributed by atoms with Crippen molar-refractivity contribution in [3.63, 3.8) is 0 Å². The molecule has 0 aliphatic carbocycles. The van der Waals surface area contributed by atoms with E-state index in [9.17, 15) is 4.39 Å². The molecule has 0 fully saturated rings. The van der Waals surface area contributed by atoms with Crippen molar-refractivity contribution in [3.8, 4) is 0 Å². The minimum Gasteiger partial charge on any atom is -0.497 e. The second kappa shape index (κ2) is 7.24. The molecule has 0 N–H and O–H groups in total. The van der Waals surface area contributed by atoms with Crippen molar-refractivity contribution >= 4 is 31.4 Å². The van der Waals surface area contributed by atoms with Crippen LogP contribution >= 0.6 is 31.4 Å². The highest BCUT2D eigenvalue weighted by Gasteiger charge is 2.11. The topological polar surface area (TPSA) is 9.23 Å². The van der Waals surface area contributed by atoms with Crippen LogP contribution in [0.4, 0.5) is 4.39 Å². The number of rotatable bonds is 6. The van der Waals surface area contributed by atoms with Gasteiger partial charge in [0, 0.05) is 17.9 Å². The van der Waals surface area contributed by atoms with Crippen molar-refractivity contribution in [1.29, 1.82) is 0 Å². The molecule has 1 atom stereocenters. The zero-order chi connectivity index (χ0) is 11.9. The number of halogens is 1. The lowest BCUT2D eigenvalue weighted by molar-refractivity contribution is 0.193. The van der Waals surface area contributed by atoms with Crippen LogP contribution in [0.2, 0.25) is 0 Å². The van der Waals surface area contributed by atoms with E-state index in [0.29, 0.717) is 6.10 Å². The lowest BCUT2D eigenvalue weighted by Crippen LogP contribution is -2.06. The van der Waals surface area contributed by atoms with Gasteiger partial charge in [-0.3, -0.25) is 0 Å². The molecule has 92 valence electrons. The van der Waals surface area contributed by atoms with Crippen LogP contribution < -0.4 is 0 Å². The predicted molar refractivity (Wildman–Crippen MR) is 76.4 cm³/mol. The van der Waals surface area contributed by atoms with Crippen LogP contribution in [0.3, 0.4) is 0 Å². The summed E-state index contributed by atoms with van der Waals surface area (Å²) in [4.78, 5) is 0. The summed E-state index contributed by atoms with van der Waals surface area (Å²) < 4.78 is 18.0. The van der Waals surface area contributed by atoms with E-state index in [1.54, 1.807) is 26.9 Å².